The molecule has 3 rings (SSSR count). The van der Waals surface area contributed by atoms with Gasteiger partial charge in [-0.1, -0.05) is 0 Å². The molecule has 2 heterocycles. The Balaban J connectivity index is 1.65. The van der Waals surface area contributed by atoms with Gasteiger partial charge in [-0.15, -0.1) is 0 Å². The van der Waals surface area contributed by atoms with Crippen molar-refractivity contribution in [3.05, 3.63) is 40.8 Å². The number of benzene rings is 1. The van der Waals surface area contributed by atoms with E-state index in [4.69, 9.17) is 4.74 Å². The molecule has 0 bridgehead atoms. The summed E-state index contributed by atoms with van der Waals surface area (Å²) in [6, 6.07) is 4.19. The maximum absolute atomic E-state index is 14.4. The molecule has 0 radical (unpaired) electrons. The second-order valence-corrected chi connectivity index (χ2v) is 6.97. The van der Waals surface area contributed by atoms with Gasteiger partial charge in [-0.3, -0.25) is 9.69 Å². The minimum Gasteiger partial charge on any atom is -0.463 e. The number of piperazine rings is 1. The first-order valence-corrected chi connectivity index (χ1v) is 9.60. The molecule has 0 saturated carbocycles. The predicted molar refractivity (Wildman–Crippen MR) is 105 cm³/mol. The van der Waals surface area contributed by atoms with E-state index in [1.165, 1.54) is 13.0 Å². The van der Waals surface area contributed by atoms with E-state index in [0.29, 0.717) is 55.2 Å². The van der Waals surface area contributed by atoms with Crippen LogP contribution in [0.3, 0.4) is 0 Å². The van der Waals surface area contributed by atoms with Crippen molar-refractivity contribution in [2.75, 3.05) is 50.8 Å². The SMILES string of the molecule is CCOC(=O)C1=C(CN2CCN(c3ccc(C(C)=O)cc3F)CC2)NC(=O)NC1. The lowest BCUT2D eigenvalue weighted by Crippen LogP contribution is -2.51. The summed E-state index contributed by atoms with van der Waals surface area (Å²) in [6.45, 7) is 6.38. The fourth-order valence-electron chi connectivity index (χ4n) is 3.43. The highest BCUT2D eigenvalue weighted by atomic mass is 19.1. The molecule has 9 heteroatoms. The molecule has 1 aromatic rings. The number of anilines is 1. The maximum atomic E-state index is 14.4. The van der Waals surface area contributed by atoms with Crippen LogP contribution < -0.4 is 15.5 Å². The number of ketones is 1. The normalized spacial score (nSPS) is 17.6. The lowest BCUT2D eigenvalue weighted by Gasteiger charge is -2.37. The minimum atomic E-state index is -0.443. The average Bonchev–Trinajstić information content (AvgIpc) is 2.69. The van der Waals surface area contributed by atoms with Gasteiger partial charge in [-0.2, -0.15) is 0 Å². The van der Waals surface area contributed by atoms with Crippen molar-refractivity contribution in [3.8, 4) is 0 Å². The molecule has 0 unspecified atom stereocenters. The summed E-state index contributed by atoms with van der Waals surface area (Å²) in [5.74, 6) is -1.03. The number of urea groups is 1. The van der Waals surface area contributed by atoms with Crippen LogP contribution in [-0.2, 0) is 9.53 Å². The molecule has 0 atom stereocenters. The highest BCUT2D eigenvalue weighted by Crippen LogP contribution is 2.23. The van der Waals surface area contributed by atoms with Gasteiger partial charge >= 0.3 is 12.0 Å². The molecule has 0 spiro atoms. The van der Waals surface area contributed by atoms with Crippen molar-refractivity contribution in [1.29, 1.82) is 0 Å². The Morgan fingerprint density at radius 2 is 1.93 bits per heavy atom. The largest absolute Gasteiger partial charge is 0.463 e. The van der Waals surface area contributed by atoms with Gasteiger partial charge in [0, 0.05) is 44.0 Å². The standard InChI is InChI=1S/C20H25FN4O4/c1-3-29-19(27)15-11-22-20(28)23-17(15)12-24-6-8-25(9-7-24)18-5-4-14(13(2)26)10-16(18)21/h4-5,10H,3,6-9,11-12H2,1-2H3,(H2,22,23,28). The molecular formula is C20H25FN4O4. The number of hydrogen-bond donors (Lipinski definition) is 2. The molecule has 156 valence electrons. The summed E-state index contributed by atoms with van der Waals surface area (Å²) in [7, 11) is 0. The first kappa shape index (κ1) is 20.8. The van der Waals surface area contributed by atoms with Gasteiger partial charge in [-0.25, -0.2) is 14.0 Å². The van der Waals surface area contributed by atoms with Crippen LogP contribution in [0.15, 0.2) is 29.5 Å². The lowest BCUT2D eigenvalue weighted by molar-refractivity contribution is -0.138. The Kier molecular flexibility index (Phi) is 6.48. The topological polar surface area (TPSA) is 91.0 Å². The zero-order chi connectivity index (χ0) is 21.0. The van der Waals surface area contributed by atoms with Crippen LogP contribution in [0, 0.1) is 5.82 Å². The first-order chi connectivity index (χ1) is 13.9. The third kappa shape index (κ3) is 4.92. The third-order valence-electron chi connectivity index (χ3n) is 5.03. The van der Waals surface area contributed by atoms with Crippen LogP contribution in [0.4, 0.5) is 14.9 Å². The fourth-order valence-corrected chi connectivity index (χ4v) is 3.43. The minimum absolute atomic E-state index is 0.133. The summed E-state index contributed by atoms with van der Waals surface area (Å²) in [5.41, 5.74) is 1.78. The number of esters is 1. The van der Waals surface area contributed by atoms with E-state index >= 15 is 0 Å². The summed E-state index contributed by atoms with van der Waals surface area (Å²) in [4.78, 5) is 39.3. The van der Waals surface area contributed by atoms with E-state index < -0.39 is 11.8 Å². The summed E-state index contributed by atoms with van der Waals surface area (Å²) in [6.07, 6.45) is 0. The molecule has 0 aromatic heterocycles. The van der Waals surface area contributed by atoms with Crippen molar-refractivity contribution in [2.45, 2.75) is 13.8 Å². The molecule has 1 fully saturated rings. The monoisotopic (exact) mass is 404 g/mol. The Bertz CT molecular complexity index is 847. The van der Waals surface area contributed by atoms with Crippen molar-refractivity contribution in [3.63, 3.8) is 0 Å². The van der Waals surface area contributed by atoms with E-state index in [9.17, 15) is 18.8 Å². The van der Waals surface area contributed by atoms with Crippen LogP contribution in [0.5, 0.6) is 0 Å². The van der Waals surface area contributed by atoms with E-state index in [1.807, 2.05) is 4.90 Å². The number of rotatable bonds is 6. The summed E-state index contributed by atoms with van der Waals surface area (Å²) < 4.78 is 19.5. The maximum Gasteiger partial charge on any atom is 0.337 e. The molecule has 29 heavy (non-hydrogen) atoms. The summed E-state index contributed by atoms with van der Waals surface area (Å²) in [5, 5.41) is 5.29. The third-order valence-corrected chi connectivity index (χ3v) is 5.03. The second kappa shape index (κ2) is 9.04. The molecule has 1 aromatic carbocycles. The number of carbonyl (C=O) groups excluding carboxylic acids is 3. The van der Waals surface area contributed by atoms with Gasteiger partial charge in [0.05, 0.1) is 24.4 Å². The Hall–Kier alpha value is -2.94. The smallest absolute Gasteiger partial charge is 0.337 e. The van der Waals surface area contributed by atoms with Crippen LogP contribution >= 0.6 is 0 Å². The van der Waals surface area contributed by atoms with Crippen LogP contribution in [0.2, 0.25) is 0 Å². The quantitative estimate of drug-likeness (QED) is 0.548. The van der Waals surface area contributed by atoms with Gasteiger partial charge in [-0.05, 0) is 32.0 Å². The Morgan fingerprint density at radius 1 is 1.21 bits per heavy atom. The van der Waals surface area contributed by atoms with E-state index in [2.05, 4.69) is 15.5 Å². The second-order valence-electron chi connectivity index (χ2n) is 6.97. The number of hydrogen-bond acceptors (Lipinski definition) is 6. The number of nitrogens with zero attached hydrogens (tertiary/aromatic N) is 2. The Labute approximate surface area is 168 Å². The molecule has 0 aliphatic carbocycles. The Morgan fingerprint density at radius 3 is 2.55 bits per heavy atom. The zero-order valence-electron chi connectivity index (χ0n) is 16.6. The zero-order valence-corrected chi connectivity index (χ0v) is 16.6. The molecule has 2 aliphatic rings. The fraction of sp³-hybridized carbons (Fsp3) is 0.450. The van der Waals surface area contributed by atoms with E-state index in [1.54, 1.807) is 19.1 Å². The molecule has 2 amide bonds. The average molecular weight is 404 g/mol. The van der Waals surface area contributed by atoms with Gasteiger partial charge in [0.25, 0.3) is 0 Å². The number of halogens is 1. The molecular weight excluding hydrogens is 379 g/mol. The van der Waals surface area contributed by atoms with E-state index in [0.717, 1.165) is 0 Å². The van der Waals surface area contributed by atoms with Gasteiger partial charge < -0.3 is 20.3 Å². The van der Waals surface area contributed by atoms with Crippen molar-refractivity contribution in [2.24, 2.45) is 0 Å². The first-order valence-electron chi connectivity index (χ1n) is 9.60. The van der Waals surface area contributed by atoms with Crippen LogP contribution in [0.25, 0.3) is 0 Å². The summed E-state index contributed by atoms with van der Waals surface area (Å²) >= 11 is 0. The van der Waals surface area contributed by atoms with Crippen molar-refractivity contribution in [1.82, 2.24) is 15.5 Å². The van der Waals surface area contributed by atoms with Crippen molar-refractivity contribution < 1.29 is 23.5 Å². The number of ether oxygens (including phenoxy) is 1. The van der Waals surface area contributed by atoms with Crippen LogP contribution in [0.1, 0.15) is 24.2 Å². The lowest BCUT2D eigenvalue weighted by atomic mass is 10.1. The molecule has 2 N–H and O–H groups in total. The highest BCUT2D eigenvalue weighted by molar-refractivity contribution is 5.94. The highest BCUT2D eigenvalue weighted by Gasteiger charge is 2.27. The van der Waals surface area contributed by atoms with Crippen LogP contribution in [-0.4, -0.2) is 68.6 Å². The van der Waals surface area contributed by atoms with E-state index in [-0.39, 0.29) is 25.0 Å². The van der Waals surface area contributed by atoms with Gasteiger partial charge in [0.15, 0.2) is 5.78 Å². The predicted octanol–water partition coefficient (Wildman–Crippen LogP) is 1.28. The van der Waals surface area contributed by atoms with Crippen molar-refractivity contribution >= 4 is 23.5 Å². The molecule has 2 aliphatic heterocycles. The number of nitrogens with one attached hydrogen (secondary N) is 2. The number of carbonyl (C=O) groups is 3. The molecule has 8 nitrogen and oxygen atoms in total. The number of amides is 2. The number of Topliss-reactive ketones (excluding diaryl/α,β-unsaturated/α-hetero) is 1. The van der Waals surface area contributed by atoms with Gasteiger partial charge in [0.1, 0.15) is 5.82 Å². The van der Waals surface area contributed by atoms with Gasteiger partial charge in [0.2, 0.25) is 0 Å². The molecule has 1 saturated heterocycles.